The van der Waals surface area contributed by atoms with E-state index < -0.39 is 12.1 Å². The van der Waals surface area contributed by atoms with Gasteiger partial charge in [0.15, 0.2) is 5.82 Å². The van der Waals surface area contributed by atoms with E-state index in [1.165, 1.54) is 4.68 Å². The van der Waals surface area contributed by atoms with Crippen molar-refractivity contribution in [1.82, 2.24) is 9.78 Å². The second-order valence-electron chi connectivity index (χ2n) is 6.30. The first kappa shape index (κ1) is 19.8. The number of aliphatic hydroxyl groups excluding tert-OH is 1. The summed E-state index contributed by atoms with van der Waals surface area (Å²) in [5.41, 5.74) is 8.21. The van der Waals surface area contributed by atoms with Crippen LogP contribution in [0, 0.1) is 6.92 Å². The number of hydrogen-bond donors (Lipinski definition) is 3. The summed E-state index contributed by atoms with van der Waals surface area (Å²) >= 11 is 0. The number of esters is 1. The van der Waals surface area contributed by atoms with E-state index in [9.17, 15) is 9.90 Å². The number of carbonyl (C=O) groups excluding carboxylic acids is 1. The number of rotatable bonds is 9. The maximum absolute atomic E-state index is 12.4. The minimum atomic E-state index is -0.570. The van der Waals surface area contributed by atoms with Gasteiger partial charge in [-0.2, -0.15) is 5.10 Å². The monoisotopic (exact) mass is 360 g/mol. The molecule has 1 aromatic heterocycles. The van der Waals surface area contributed by atoms with Crippen LogP contribution in [0.25, 0.3) is 0 Å². The highest BCUT2D eigenvalue weighted by molar-refractivity contribution is 6.00. The minimum Gasteiger partial charge on any atom is -0.462 e. The Balaban J connectivity index is 2.32. The van der Waals surface area contributed by atoms with E-state index in [1.807, 2.05) is 31.2 Å². The van der Waals surface area contributed by atoms with Gasteiger partial charge in [-0.05, 0) is 38.0 Å². The van der Waals surface area contributed by atoms with E-state index in [1.54, 1.807) is 6.92 Å². The Morgan fingerprint density at radius 2 is 2.19 bits per heavy atom. The SMILES string of the molecule is CCCCC(O)Cn1nc(Nc2cccc(C)c2)c(C(=O)OCC)c1N. The number of nitrogens with one attached hydrogen (secondary N) is 1. The molecule has 0 aliphatic heterocycles. The number of carbonyl (C=O) groups is 1. The third kappa shape index (κ3) is 4.98. The topological polar surface area (TPSA) is 102 Å². The van der Waals surface area contributed by atoms with Crippen molar-refractivity contribution in [2.45, 2.75) is 52.7 Å². The van der Waals surface area contributed by atoms with Gasteiger partial charge in [-0.15, -0.1) is 0 Å². The Morgan fingerprint density at radius 1 is 1.42 bits per heavy atom. The van der Waals surface area contributed by atoms with E-state index in [0.29, 0.717) is 12.2 Å². The number of nitrogen functional groups attached to an aromatic ring is 1. The Kier molecular flexibility index (Phi) is 7.03. The number of nitrogens with two attached hydrogens (primary N) is 1. The molecule has 1 atom stereocenters. The van der Waals surface area contributed by atoms with Gasteiger partial charge in [-0.1, -0.05) is 31.9 Å². The van der Waals surface area contributed by atoms with Gasteiger partial charge in [0.25, 0.3) is 0 Å². The van der Waals surface area contributed by atoms with Crippen molar-refractivity contribution in [2.24, 2.45) is 0 Å². The lowest BCUT2D eigenvalue weighted by Crippen LogP contribution is -2.19. The van der Waals surface area contributed by atoms with Crippen LogP contribution in [0.15, 0.2) is 24.3 Å². The lowest BCUT2D eigenvalue weighted by molar-refractivity contribution is 0.0528. The van der Waals surface area contributed by atoms with E-state index in [2.05, 4.69) is 17.3 Å². The van der Waals surface area contributed by atoms with Crippen molar-refractivity contribution in [3.63, 3.8) is 0 Å². The normalized spacial score (nSPS) is 12.0. The lowest BCUT2D eigenvalue weighted by Gasteiger charge is -2.11. The van der Waals surface area contributed by atoms with Crippen molar-refractivity contribution >= 4 is 23.3 Å². The molecule has 7 nitrogen and oxygen atoms in total. The average Bonchev–Trinajstić information content (AvgIpc) is 2.88. The first-order valence-corrected chi connectivity index (χ1v) is 9.01. The number of hydrogen-bond acceptors (Lipinski definition) is 6. The van der Waals surface area contributed by atoms with Crippen LogP contribution in [0.2, 0.25) is 0 Å². The molecule has 0 saturated carbocycles. The molecule has 0 amide bonds. The number of aliphatic hydroxyl groups is 1. The Bertz CT molecular complexity index is 742. The number of anilines is 3. The first-order valence-electron chi connectivity index (χ1n) is 9.01. The second kappa shape index (κ2) is 9.24. The zero-order chi connectivity index (χ0) is 19.1. The Hall–Kier alpha value is -2.54. The molecule has 4 N–H and O–H groups in total. The van der Waals surface area contributed by atoms with Gasteiger partial charge in [0.05, 0.1) is 19.3 Å². The molecular weight excluding hydrogens is 332 g/mol. The quantitative estimate of drug-likeness (QED) is 0.593. The molecule has 142 valence electrons. The fourth-order valence-electron chi connectivity index (χ4n) is 2.70. The van der Waals surface area contributed by atoms with Gasteiger partial charge in [0.1, 0.15) is 11.4 Å². The number of ether oxygens (including phenoxy) is 1. The molecular formula is C19H28N4O3. The molecule has 0 aliphatic rings. The number of aryl methyl sites for hydroxylation is 1. The molecule has 0 radical (unpaired) electrons. The third-order valence-electron chi connectivity index (χ3n) is 4.03. The van der Waals surface area contributed by atoms with Crippen molar-refractivity contribution in [1.29, 1.82) is 0 Å². The highest BCUT2D eigenvalue weighted by Crippen LogP contribution is 2.27. The van der Waals surface area contributed by atoms with Crippen LogP contribution in [0.5, 0.6) is 0 Å². The van der Waals surface area contributed by atoms with Crippen molar-refractivity contribution in [3.8, 4) is 0 Å². The maximum Gasteiger partial charge on any atom is 0.345 e. The molecule has 0 bridgehead atoms. The molecule has 7 heteroatoms. The average molecular weight is 360 g/mol. The maximum atomic E-state index is 12.4. The van der Waals surface area contributed by atoms with Gasteiger partial charge in [-0.25, -0.2) is 9.48 Å². The predicted octanol–water partition coefficient (Wildman–Crippen LogP) is 3.25. The van der Waals surface area contributed by atoms with Crippen LogP contribution in [-0.4, -0.2) is 33.6 Å². The zero-order valence-electron chi connectivity index (χ0n) is 15.7. The van der Waals surface area contributed by atoms with Crippen LogP contribution >= 0.6 is 0 Å². The third-order valence-corrected chi connectivity index (χ3v) is 4.03. The molecule has 2 aromatic rings. The summed E-state index contributed by atoms with van der Waals surface area (Å²) in [4.78, 5) is 12.4. The summed E-state index contributed by atoms with van der Waals surface area (Å²) in [5.74, 6) is -0.0159. The van der Waals surface area contributed by atoms with Crippen molar-refractivity contribution in [2.75, 3.05) is 17.7 Å². The molecule has 1 aromatic carbocycles. The van der Waals surface area contributed by atoms with E-state index in [-0.39, 0.29) is 24.5 Å². The summed E-state index contributed by atoms with van der Waals surface area (Å²) < 4.78 is 6.58. The fraction of sp³-hybridized carbons (Fsp3) is 0.474. The van der Waals surface area contributed by atoms with Crippen LogP contribution in [-0.2, 0) is 11.3 Å². The summed E-state index contributed by atoms with van der Waals surface area (Å²) in [7, 11) is 0. The first-order chi connectivity index (χ1) is 12.5. The standard InChI is InChI=1S/C19H28N4O3/c1-4-6-10-15(24)12-23-17(20)16(19(25)26-5-2)18(22-23)21-14-9-7-8-13(3)11-14/h7-9,11,15,24H,4-6,10,12,20H2,1-3H3,(H,21,22). The summed E-state index contributed by atoms with van der Waals surface area (Å²) in [6.45, 7) is 6.26. The van der Waals surface area contributed by atoms with Gasteiger partial charge < -0.3 is 20.9 Å². The van der Waals surface area contributed by atoms with Crippen LogP contribution in [0.4, 0.5) is 17.3 Å². The zero-order valence-corrected chi connectivity index (χ0v) is 15.7. The number of nitrogens with zero attached hydrogens (tertiary/aromatic N) is 2. The van der Waals surface area contributed by atoms with Crippen molar-refractivity contribution < 1.29 is 14.6 Å². The van der Waals surface area contributed by atoms with Gasteiger partial charge in [0.2, 0.25) is 0 Å². The molecule has 2 rings (SSSR count). The molecule has 0 spiro atoms. The van der Waals surface area contributed by atoms with Gasteiger partial charge >= 0.3 is 5.97 Å². The molecule has 26 heavy (non-hydrogen) atoms. The van der Waals surface area contributed by atoms with Gasteiger partial charge in [0, 0.05) is 5.69 Å². The van der Waals surface area contributed by atoms with E-state index in [0.717, 1.165) is 24.1 Å². The fourth-order valence-corrected chi connectivity index (χ4v) is 2.70. The summed E-state index contributed by atoms with van der Waals surface area (Å²) in [5, 5.41) is 17.7. The second-order valence-corrected chi connectivity index (χ2v) is 6.30. The highest BCUT2D eigenvalue weighted by atomic mass is 16.5. The summed E-state index contributed by atoms with van der Waals surface area (Å²) in [6.07, 6.45) is 2.01. The molecule has 0 aliphatic carbocycles. The van der Waals surface area contributed by atoms with Crippen molar-refractivity contribution in [3.05, 3.63) is 35.4 Å². The number of aromatic nitrogens is 2. The van der Waals surface area contributed by atoms with Gasteiger partial charge in [-0.3, -0.25) is 0 Å². The number of benzene rings is 1. The predicted molar refractivity (Wildman–Crippen MR) is 103 cm³/mol. The van der Waals surface area contributed by atoms with E-state index in [4.69, 9.17) is 10.5 Å². The summed E-state index contributed by atoms with van der Waals surface area (Å²) in [6, 6.07) is 7.72. The molecule has 0 saturated heterocycles. The Labute approximate surface area is 154 Å². The molecule has 1 unspecified atom stereocenters. The van der Waals surface area contributed by atoms with Crippen LogP contribution < -0.4 is 11.1 Å². The molecule has 1 heterocycles. The smallest absolute Gasteiger partial charge is 0.345 e. The van der Waals surface area contributed by atoms with Crippen LogP contribution in [0.3, 0.4) is 0 Å². The molecule has 0 fully saturated rings. The minimum absolute atomic E-state index is 0.189. The van der Waals surface area contributed by atoms with E-state index >= 15 is 0 Å². The largest absolute Gasteiger partial charge is 0.462 e. The number of unbranched alkanes of at least 4 members (excludes halogenated alkanes) is 1. The highest BCUT2D eigenvalue weighted by Gasteiger charge is 2.24. The lowest BCUT2D eigenvalue weighted by atomic mass is 10.1. The van der Waals surface area contributed by atoms with Crippen LogP contribution in [0.1, 0.15) is 49.0 Å². The Morgan fingerprint density at radius 3 is 2.85 bits per heavy atom.